The molecular formula is C27H44O2. The quantitative estimate of drug-likeness (QED) is 0.252. The van der Waals surface area contributed by atoms with Crippen molar-refractivity contribution >= 4 is 6.47 Å². The van der Waals surface area contributed by atoms with Gasteiger partial charge in [-0.3, -0.25) is 4.79 Å². The molecule has 0 radical (unpaired) electrons. The van der Waals surface area contributed by atoms with E-state index in [4.69, 9.17) is 4.74 Å². The van der Waals surface area contributed by atoms with Crippen LogP contribution in [-0.2, 0) is 22.4 Å². The summed E-state index contributed by atoms with van der Waals surface area (Å²) in [4.78, 5) is 10.6. The Hall–Kier alpha value is -1.31. The number of hydrogen-bond donors (Lipinski definition) is 0. The van der Waals surface area contributed by atoms with Crippen molar-refractivity contribution < 1.29 is 9.53 Å². The average molecular weight is 401 g/mol. The maximum absolute atomic E-state index is 10.6. The van der Waals surface area contributed by atoms with Crippen LogP contribution in [0.2, 0.25) is 0 Å². The molecule has 0 amide bonds. The number of unbranched alkanes of at least 4 members (excludes halogenated alkanes) is 4. The second-order valence-electron chi connectivity index (χ2n) is 10.7. The van der Waals surface area contributed by atoms with Gasteiger partial charge in [-0.05, 0) is 112 Å². The van der Waals surface area contributed by atoms with Gasteiger partial charge in [0, 0.05) is 0 Å². The molecule has 1 aromatic rings. The summed E-state index contributed by atoms with van der Waals surface area (Å²) in [5.74, 6) is 0. The van der Waals surface area contributed by atoms with Gasteiger partial charge in [0.1, 0.15) is 5.60 Å². The first-order valence-corrected chi connectivity index (χ1v) is 11.9. The molecule has 164 valence electrons. The average Bonchev–Trinajstić information content (AvgIpc) is 3.40. The highest BCUT2D eigenvalue weighted by Crippen LogP contribution is 2.43. The van der Waals surface area contributed by atoms with Crippen LogP contribution in [0.3, 0.4) is 0 Å². The highest BCUT2D eigenvalue weighted by molar-refractivity contribution is 5.44. The number of hydrogen-bond acceptors (Lipinski definition) is 2. The third kappa shape index (κ3) is 7.79. The summed E-state index contributed by atoms with van der Waals surface area (Å²) in [5.41, 5.74) is 7.99. The molecule has 0 unspecified atom stereocenters. The number of aryl methyl sites for hydroxylation is 2. The Labute approximate surface area is 179 Å². The van der Waals surface area contributed by atoms with Crippen LogP contribution < -0.4 is 0 Å². The predicted octanol–water partition coefficient (Wildman–Crippen LogP) is 7.57. The van der Waals surface area contributed by atoms with E-state index in [1.807, 2.05) is 0 Å². The van der Waals surface area contributed by atoms with Gasteiger partial charge in [-0.15, -0.1) is 0 Å². The van der Waals surface area contributed by atoms with Crippen LogP contribution in [0.25, 0.3) is 0 Å². The molecule has 0 atom stereocenters. The molecule has 2 nitrogen and oxygen atoms in total. The van der Waals surface area contributed by atoms with Crippen molar-refractivity contribution in [2.24, 2.45) is 5.41 Å². The van der Waals surface area contributed by atoms with E-state index >= 15 is 0 Å². The molecule has 0 aromatic heterocycles. The third-order valence-electron chi connectivity index (χ3n) is 6.90. The fourth-order valence-corrected chi connectivity index (χ4v) is 4.61. The molecule has 1 aromatic carbocycles. The number of benzene rings is 1. The van der Waals surface area contributed by atoms with Crippen LogP contribution in [0.1, 0.15) is 113 Å². The maximum Gasteiger partial charge on any atom is 0.293 e. The molecule has 2 heteroatoms. The van der Waals surface area contributed by atoms with E-state index in [0.717, 1.165) is 25.7 Å². The van der Waals surface area contributed by atoms with E-state index in [1.54, 1.807) is 11.1 Å². The molecule has 0 spiro atoms. The van der Waals surface area contributed by atoms with E-state index in [9.17, 15) is 4.79 Å². The second kappa shape index (κ2) is 10.6. The molecule has 1 aliphatic rings. The largest absolute Gasteiger partial charge is 0.461 e. The van der Waals surface area contributed by atoms with Gasteiger partial charge in [0.15, 0.2) is 0 Å². The monoisotopic (exact) mass is 400 g/mol. The van der Waals surface area contributed by atoms with Crippen molar-refractivity contribution in [1.82, 2.24) is 0 Å². The molecule has 0 aliphatic heterocycles. The van der Waals surface area contributed by atoms with Gasteiger partial charge in [0.05, 0.1) is 0 Å². The van der Waals surface area contributed by atoms with Crippen LogP contribution in [-0.4, -0.2) is 12.1 Å². The summed E-state index contributed by atoms with van der Waals surface area (Å²) >= 11 is 0. The number of ether oxygens (including phenoxy) is 1. The molecule has 1 aliphatic carbocycles. The lowest BCUT2D eigenvalue weighted by molar-refractivity contribution is -0.135. The Morgan fingerprint density at radius 2 is 1.59 bits per heavy atom. The van der Waals surface area contributed by atoms with Crippen LogP contribution in [0, 0.1) is 26.2 Å². The van der Waals surface area contributed by atoms with Crippen molar-refractivity contribution in [2.75, 3.05) is 0 Å². The molecule has 0 bridgehead atoms. The molecule has 2 rings (SSSR count). The highest BCUT2D eigenvalue weighted by Gasteiger charge is 2.44. The van der Waals surface area contributed by atoms with Crippen LogP contribution >= 0.6 is 0 Å². The standard InChI is InChI=1S/C27H44O2/c1-21-19-24(13-9-7-11-15-26(4,5)6)22(2)23(3)25(21)14-10-8-12-16-27(17-18-27)29-20-28/h19-20H,7-18H2,1-6H3. The molecule has 1 saturated carbocycles. The van der Waals surface area contributed by atoms with Crippen molar-refractivity contribution in [1.29, 1.82) is 0 Å². The van der Waals surface area contributed by atoms with Crippen molar-refractivity contribution in [3.05, 3.63) is 33.9 Å². The molecule has 0 saturated heterocycles. The molecule has 0 N–H and O–H groups in total. The lowest BCUT2D eigenvalue weighted by Crippen LogP contribution is -2.12. The number of rotatable bonds is 13. The fourth-order valence-electron chi connectivity index (χ4n) is 4.61. The predicted molar refractivity (Wildman–Crippen MR) is 124 cm³/mol. The Balaban J connectivity index is 1.78. The summed E-state index contributed by atoms with van der Waals surface area (Å²) in [6.07, 6.45) is 14.5. The fraction of sp³-hybridized carbons (Fsp3) is 0.741. The smallest absolute Gasteiger partial charge is 0.293 e. The third-order valence-corrected chi connectivity index (χ3v) is 6.90. The van der Waals surface area contributed by atoms with Gasteiger partial charge in [0.2, 0.25) is 0 Å². The van der Waals surface area contributed by atoms with E-state index in [-0.39, 0.29) is 5.60 Å². The molecular weight excluding hydrogens is 356 g/mol. The van der Waals surface area contributed by atoms with Crippen molar-refractivity contribution in [3.8, 4) is 0 Å². The zero-order chi connectivity index (χ0) is 21.5. The zero-order valence-electron chi connectivity index (χ0n) is 20.0. The second-order valence-corrected chi connectivity index (χ2v) is 10.7. The number of carbonyl (C=O) groups is 1. The normalized spacial score (nSPS) is 15.4. The first-order chi connectivity index (χ1) is 13.7. The SMILES string of the molecule is Cc1cc(CCCCCC(C)(C)C)c(C)c(C)c1CCCCCC1(OC=O)CC1. The molecule has 0 heterocycles. The minimum Gasteiger partial charge on any atom is -0.461 e. The van der Waals surface area contributed by atoms with Gasteiger partial charge in [-0.1, -0.05) is 46.1 Å². The van der Waals surface area contributed by atoms with Crippen LogP contribution in [0.15, 0.2) is 6.07 Å². The van der Waals surface area contributed by atoms with Gasteiger partial charge >= 0.3 is 0 Å². The highest BCUT2D eigenvalue weighted by atomic mass is 16.5. The summed E-state index contributed by atoms with van der Waals surface area (Å²) in [6.45, 7) is 14.6. The number of carbonyl (C=O) groups excluding carboxylic acids is 1. The maximum atomic E-state index is 10.6. The Bertz CT molecular complexity index is 662. The zero-order valence-corrected chi connectivity index (χ0v) is 20.0. The summed E-state index contributed by atoms with van der Waals surface area (Å²) in [7, 11) is 0. The minimum absolute atomic E-state index is 0.0846. The van der Waals surface area contributed by atoms with E-state index in [0.29, 0.717) is 11.9 Å². The minimum atomic E-state index is -0.0846. The molecule has 29 heavy (non-hydrogen) atoms. The van der Waals surface area contributed by atoms with Gasteiger partial charge in [0.25, 0.3) is 6.47 Å². The van der Waals surface area contributed by atoms with E-state index in [2.05, 4.69) is 47.6 Å². The van der Waals surface area contributed by atoms with Crippen molar-refractivity contribution in [2.45, 2.75) is 124 Å². The Morgan fingerprint density at radius 1 is 0.931 bits per heavy atom. The first-order valence-electron chi connectivity index (χ1n) is 11.9. The summed E-state index contributed by atoms with van der Waals surface area (Å²) in [5, 5.41) is 0. The van der Waals surface area contributed by atoms with Gasteiger partial charge in [-0.25, -0.2) is 0 Å². The van der Waals surface area contributed by atoms with Crippen molar-refractivity contribution in [3.63, 3.8) is 0 Å². The summed E-state index contributed by atoms with van der Waals surface area (Å²) < 4.78 is 5.26. The van der Waals surface area contributed by atoms with E-state index in [1.165, 1.54) is 68.1 Å². The van der Waals surface area contributed by atoms with Crippen LogP contribution in [0.5, 0.6) is 0 Å². The lowest BCUT2D eigenvalue weighted by atomic mass is 9.87. The Kier molecular flexibility index (Phi) is 8.79. The van der Waals surface area contributed by atoms with Gasteiger partial charge in [-0.2, -0.15) is 0 Å². The Morgan fingerprint density at radius 3 is 2.21 bits per heavy atom. The first kappa shape index (κ1) is 24.0. The lowest BCUT2D eigenvalue weighted by Gasteiger charge is -2.19. The van der Waals surface area contributed by atoms with E-state index < -0.39 is 0 Å². The topological polar surface area (TPSA) is 26.3 Å². The summed E-state index contributed by atoms with van der Waals surface area (Å²) in [6, 6.07) is 2.46. The van der Waals surface area contributed by atoms with Gasteiger partial charge < -0.3 is 4.74 Å². The van der Waals surface area contributed by atoms with Crippen LogP contribution in [0.4, 0.5) is 0 Å². The molecule has 1 fully saturated rings.